The summed E-state index contributed by atoms with van der Waals surface area (Å²) in [5.41, 5.74) is 1.35. The van der Waals surface area contributed by atoms with Gasteiger partial charge in [0.2, 0.25) is 5.91 Å². The van der Waals surface area contributed by atoms with Gasteiger partial charge in [-0.3, -0.25) is 4.79 Å². The van der Waals surface area contributed by atoms with Crippen LogP contribution in [0, 0.1) is 29.0 Å². The van der Waals surface area contributed by atoms with Crippen LogP contribution < -0.4 is 4.74 Å². The van der Waals surface area contributed by atoms with Crippen LogP contribution in [0.3, 0.4) is 0 Å². The van der Waals surface area contributed by atoms with Crippen LogP contribution in [0.5, 0.6) is 5.75 Å². The maximum atomic E-state index is 14.9. The van der Waals surface area contributed by atoms with E-state index in [9.17, 15) is 19.2 Å². The average Bonchev–Trinajstić information content (AvgIpc) is 3.36. The molecule has 2 heterocycles. The van der Waals surface area contributed by atoms with Crippen LogP contribution in [0.25, 0.3) is 5.57 Å². The summed E-state index contributed by atoms with van der Waals surface area (Å²) in [7, 11) is 0. The van der Waals surface area contributed by atoms with Crippen molar-refractivity contribution in [2.75, 3.05) is 26.2 Å². The van der Waals surface area contributed by atoms with E-state index >= 15 is 0 Å². The van der Waals surface area contributed by atoms with Gasteiger partial charge in [-0.25, -0.2) is 9.18 Å². The highest BCUT2D eigenvalue weighted by atomic mass is 19.1. The van der Waals surface area contributed by atoms with Gasteiger partial charge in [-0.1, -0.05) is 12.1 Å². The van der Waals surface area contributed by atoms with Gasteiger partial charge in [0.05, 0.1) is 12.7 Å². The van der Waals surface area contributed by atoms with Crippen molar-refractivity contribution in [3.05, 3.63) is 35.7 Å². The van der Waals surface area contributed by atoms with Gasteiger partial charge in [-0.05, 0) is 94.9 Å². The monoisotopic (exact) mass is 511 g/mol. The van der Waals surface area contributed by atoms with E-state index in [2.05, 4.69) is 6.07 Å². The molecule has 0 N–H and O–H groups in total. The molecule has 37 heavy (non-hydrogen) atoms. The fraction of sp³-hybridized carbons (Fsp3) is 0.621. The van der Waals surface area contributed by atoms with Crippen molar-refractivity contribution >= 4 is 17.6 Å². The van der Waals surface area contributed by atoms with Crippen LogP contribution in [-0.4, -0.2) is 59.7 Å². The summed E-state index contributed by atoms with van der Waals surface area (Å²) in [6.45, 7) is 7.86. The molecule has 0 bridgehead atoms. The molecule has 2 fully saturated rings. The summed E-state index contributed by atoms with van der Waals surface area (Å²) in [4.78, 5) is 28.6. The number of ether oxygens (including phenoxy) is 2. The van der Waals surface area contributed by atoms with Crippen molar-refractivity contribution in [2.24, 2.45) is 11.8 Å². The predicted molar refractivity (Wildman–Crippen MR) is 138 cm³/mol. The van der Waals surface area contributed by atoms with Crippen LogP contribution in [-0.2, 0) is 9.53 Å². The van der Waals surface area contributed by atoms with Crippen LogP contribution in [0.2, 0.25) is 0 Å². The van der Waals surface area contributed by atoms with E-state index in [-0.39, 0.29) is 35.6 Å². The van der Waals surface area contributed by atoms with Gasteiger partial charge < -0.3 is 19.3 Å². The molecule has 2 saturated heterocycles. The van der Waals surface area contributed by atoms with Crippen molar-refractivity contribution in [2.45, 2.75) is 77.4 Å². The zero-order chi connectivity index (χ0) is 26.6. The zero-order valence-electron chi connectivity index (χ0n) is 22.2. The average molecular weight is 512 g/mol. The number of likely N-dealkylation sites (tertiary alicyclic amines) is 2. The molecule has 1 aliphatic carbocycles. The number of hydrogen-bond acceptors (Lipinski definition) is 5. The largest absolute Gasteiger partial charge is 0.490 e. The molecule has 8 heteroatoms. The van der Waals surface area contributed by atoms with E-state index in [1.807, 2.05) is 32.9 Å². The Bertz CT molecular complexity index is 1070. The van der Waals surface area contributed by atoms with E-state index in [0.29, 0.717) is 45.5 Å². The number of nitrogens with zero attached hydrogens (tertiary/aromatic N) is 3. The molecule has 0 aromatic heterocycles. The number of benzene rings is 1. The quantitative estimate of drug-likeness (QED) is 0.518. The maximum absolute atomic E-state index is 14.9. The van der Waals surface area contributed by atoms with Gasteiger partial charge in [0.15, 0.2) is 11.6 Å². The Balaban J connectivity index is 1.26. The minimum absolute atomic E-state index is 0.0752. The molecule has 3 aliphatic rings. The van der Waals surface area contributed by atoms with Gasteiger partial charge in [0.1, 0.15) is 11.6 Å². The SMILES string of the molecule is CC(C)(C)OC(=O)N1CCC(COc2ccc(C3=CCC(C(=O)N4CCC[C@H]4C#N)CC3)cc2F)CC1. The molecule has 1 aromatic rings. The fourth-order valence-electron chi connectivity index (χ4n) is 5.35. The first kappa shape index (κ1) is 27.0. The van der Waals surface area contributed by atoms with Gasteiger partial charge in [-0.2, -0.15) is 5.26 Å². The Kier molecular flexibility index (Phi) is 8.41. The number of halogens is 1. The highest BCUT2D eigenvalue weighted by Gasteiger charge is 2.34. The van der Waals surface area contributed by atoms with E-state index in [1.165, 1.54) is 6.07 Å². The minimum Gasteiger partial charge on any atom is -0.490 e. The van der Waals surface area contributed by atoms with Crippen molar-refractivity contribution < 1.29 is 23.5 Å². The van der Waals surface area contributed by atoms with E-state index in [0.717, 1.165) is 36.8 Å². The van der Waals surface area contributed by atoms with Gasteiger partial charge in [0.25, 0.3) is 0 Å². The van der Waals surface area contributed by atoms with Crippen molar-refractivity contribution in [3.8, 4) is 11.8 Å². The highest BCUT2D eigenvalue weighted by Crippen LogP contribution is 2.34. The van der Waals surface area contributed by atoms with E-state index in [1.54, 1.807) is 15.9 Å². The maximum Gasteiger partial charge on any atom is 0.410 e. The minimum atomic E-state index is -0.511. The molecule has 2 atom stereocenters. The Morgan fingerprint density at radius 2 is 1.89 bits per heavy atom. The molecule has 7 nitrogen and oxygen atoms in total. The number of allylic oxidation sites excluding steroid dienone is 2. The van der Waals surface area contributed by atoms with Crippen molar-refractivity contribution in [3.63, 3.8) is 0 Å². The number of nitriles is 1. The first-order chi connectivity index (χ1) is 17.6. The lowest BCUT2D eigenvalue weighted by Gasteiger charge is -2.33. The second-order valence-electron chi connectivity index (χ2n) is 11.4. The molecule has 2 aliphatic heterocycles. The molecule has 0 spiro atoms. The second kappa shape index (κ2) is 11.5. The van der Waals surface area contributed by atoms with Gasteiger partial charge in [0, 0.05) is 25.6 Å². The van der Waals surface area contributed by atoms with Crippen LogP contribution in [0.4, 0.5) is 9.18 Å². The third-order valence-electron chi connectivity index (χ3n) is 7.49. The topological polar surface area (TPSA) is 82.9 Å². The number of carbonyl (C=O) groups is 2. The molecular weight excluding hydrogens is 473 g/mol. The molecule has 0 saturated carbocycles. The third kappa shape index (κ3) is 6.82. The lowest BCUT2D eigenvalue weighted by molar-refractivity contribution is -0.135. The number of carbonyl (C=O) groups excluding carboxylic acids is 2. The molecular formula is C29H38FN3O4. The Hall–Kier alpha value is -3.08. The summed E-state index contributed by atoms with van der Waals surface area (Å²) in [6, 6.07) is 7.02. The fourth-order valence-corrected chi connectivity index (χ4v) is 5.35. The van der Waals surface area contributed by atoms with E-state index in [4.69, 9.17) is 9.47 Å². The Morgan fingerprint density at radius 1 is 1.14 bits per heavy atom. The van der Waals surface area contributed by atoms with Crippen molar-refractivity contribution in [1.29, 1.82) is 5.26 Å². The van der Waals surface area contributed by atoms with Crippen LogP contribution in [0.1, 0.15) is 71.3 Å². The molecule has 1 aromatic carbocycles. The van der Waals surface area contributed by atoms with Gasteiger partial charge in [-0.15, -0.1) is 0 Å². The summed E-state index contributed by atoms with van der Waals surface area (Å²) < 4.78 is 26.1. The summed E-state index contributed by atoms with van der Waals surface area (Å²) in [5, 5.41) is 9.28. The molecule has 200 valence electrons. The lowest BCUT2D eigenvalue weighted by Crippen LogP contribution is -2.42. The first-order valence-electron chi connectivity index (χ1n) is 13.4. The van der Waals surface area contributed by atoms with Gasteiger partial charge >= 0.3 is 6.09 Å². The third-order valence-corrected chi connectivity index (χ3v) is 7.49. The molecule has 4 rings (SSSR count). The molecule has 2 amide bonds. The van der Waals surface area contributed by atoms with Crippen molar-refractivity contribution in [1.82, 2.24) is 9.80 Å². The smallest absolute Gasteiger partial charge is 0.410 e. The zero-order valence-corrected chi connectivity index (χ0v) is 22.2. The summed E-state index contributed by atoms with van der Waals surface area (Å²) in [5.74, 6) is 0.0682. The number of hydrogen-bond donors (Lipinski definition) is 0. The lowest BCUT2D eigenvalue weighted by atomic mass is 9.85. The Morgan fingerprint density at radius 3 is 2.51 bits per heavy atom. The van der Waals surface area contributed by atoms with Crippen LogP contribution >= 0.6 is 0 Å². The van der Waals surface area contributed by atoms with E-state index < -0.39 is 11.4 Å². The molecule has 1 unspecified atom stereocenters. The van der Waals surface area contributed by atoms with Crippen LogP contribution in [0.15, 0.2) is 24.3 Å². The Labute approximate surface area is 219 Å². The number of rotatable bonds is 5. The standard InChI is InChI=1S/C29H38FN3O4/c1-29(2,3)37-28(35)32-15-12-20(13-16-32)19-36-26-11-10-23(17-25(26)30)21-6-8-22(9-7-21)27(34)33-14-4-5-24(33)18-31/h6,10-11,17,20,22,24H,4-5,7-9,12-16,19H2,1-3H3/t22?,24-/m0/s1. The number of amides is 2. The number of piperidine rings is 1. The predicted octanol–water partition coefficient (Wildman–Crippen LogP) is 5.55. The summed E-state index contributed by atoms with van der Waals surface area (Å²) >= 11 is 0. The molecule has 0 radical (unpaired) electrons. The first-order valence-corrected chi connectivity index (χ1v) is 13.4. The second-order valence-corrected chi connectivity index (χ2v) is 11.4. The summed E-state index contributed by atoms with van der Waals surface area (Å²) in [6.07, 6.45) is 7.01. The highest BCUT2D eigenvalue weighted by molar-refractivity contribution is 5.81. The normalized spacial score (nSPS) is 22.8.